The van der Waals surface area contributed by atoms with E-state index in [0.717, 1.165) is 24.6 Å². The van der Waals surface area contributed by atoms with Crippen molar-refractivity contribution in [2.45, 2.75) is 24.5 Å². The number of rotatable bonds is 2. The number of hydrogen-bond acceptors (Lipinski definition) is 7. The van der Waals surface area contributed by atoms with Crippen LogP contribution in [-0.4, -0.2) is 46.4 Å². The van der Waals surface area contributed by atoms with Crippen LogP contribution in [0.15, 0.2) is 4.52 Å². The predicted octanol–water partition coefficient (Wildman–Crippen LogP) is 0.445. The Morgan fingerprint density at radius 2 is 2.22 bits per heavy atom. The second kappa shape index (κ2) is 5.16. The van der Waals surface area contributed by atoms with Gasteiger partial charge < -0.3 is 19.7 Å². The predicted molar refractivity (Wildman–Crippen MR) is 66.3 cm³/mol. The zero-order chi connectivity index (χ0) is 12.4. The van der Waals surface area contributed by atoms with Crippen molar-refractivity contribution in [2.75, 3.05) is 31.2 Å². The van der Waals surface area contributed by atoms with Crippen molar-refractivity contribution in [3.8, 4) is 0 Å². The molecule has 2 fully saturated rings. The Morgan fingerprint density at radius 1 is 1.39 bits per heavy atom. The lowest BCUT2D eigenvalue weighted by atomic mass is 9.92. The van der Waals surface area contributed by atoms with Crippen molar-refractivity contribution < 1.29 is 14.4 Å². The molecule has 18 heavy (non-hydrogen) atoms. The average molecular weight is 271 g/mol. The van der Waals surface area contributed by atoms with E-state index in [-0.39, 0.29) is 6.10 Å². The lowest BCUT2D eigenvalue weighted by Gasteiger charge is -2.28. The third-order valence-corrected chi connectivity index (χ3v) is 4.37. The Labute approximate surface area is 109 Å². The molecule has 3 heterocycles. The summed E-state index contributed by atoms with van der Waals surface area (Å²) in [4.78, 5) is 4.34. The van der Waals surface area contributed by atoms with Crippen LogP contribution in [0.1, 0.15) is 30.7 Å². The van der Waals surface area contributed by atoms with Gasteiger partial charge in [-0.05, 0) is 25.9 Å². The molecule has 1 aromatic rings. The van der Waals surface area contributed by atoms with Crippen LogP contribution in [0.25, 0.3) is 0 Å². The van der Waals surface area contributed by atoms with Crippen LogP contribution in [-0.2, 0) is 10.3 Å². The second-order valence-corrected chi connectivity index (χ2v) is 5.82. The van der Waals surface area contributed by atoms with E-state index >= 15 is 0 Å². The quantitative estimate of drug-likeness (QED) is 0.808. The van der Waals surface area contributed by atoms with Crippen LogP contribution in [0.5, 0.6) is 0 Å². The summed E-state index contributed by atoms with van der Waals surface area (Å²) in [6.07, 6.45) is 1.11. The van der Waals surface area contributed by atoms with E-state index in [9.17, 15) is 5.11 Å². The molecule has 6 nitrogen and oxygen atoms in total. The maximum Gasteiger partial charge on any atom is 0.258 e. The monoisotopic (exact) mass is 271 g/mol. The summed E-state index contributed by atoms with van der Waals surface area (Å²) in [5, 5.41) is 17.6. The fourth-order valence-electron chi connectivity index (χ4n) is 2.25. The topological polar surface area (TPSA) is 80.4 Å². The molecule has 0 saturated carbocycles. The van der Waals surface area contributed by atoms with E-state index in [1.54, 1.807) is 0 Å². The molecule has 2 aliphatic heterocycles. The first-order valence-electron chi connectivity index (χ1n) is 6.24. The van der Waals surface area contributed by atoms with Crippen molar-refractivity contribution in [1.29, 1.82) is 0 Å². The molecule has 2 aliphatic rings. The smallest absolute Gasteiger partial charge is 0.258 e. The third-order valence-electron chi connectivity index (χ3n) is 3.37. The minimum atomic E-state index is -0.974. The maximum atomic E-state index is 10.5. The van der Waals surface area contributed by atoms with Gasteiger partial charge in [-0.2, -0.15) is 16.7 Å². The van der Waals surface area contributed by atoms with Crippen molar-refractivity contribution in [1.82, 2.24) is 15.5 Å². The van der Waals surface area contributed by atoms with Gasteiger partial charge in [-0.15, -0.1) is 0 Å². The Hall–Kier alpha value is -0.630. The van der Waals surface area contributed by atoms with Gasteiger partial charge in [-0.3, -0.25) is 0 Å². The van der Waals surface area contributed by atoms with E-state index in [1.807, 2.05) is 11.8 Å². The van der Waals surface area contributed by atoms with Crippen LogP contribution >= 0.6 is 11.8 Å². The number of nitrogens with zero attached hydrogens (tertiary/aromatic N) is 2. The fourth-order valence-corrected chi connectivity index (χ4v) is 3.09. The van der Waals surface area contributed by atoms with Crippen molar-refractivity contribution in [2.24, 2.45) is 0 Å². The van der Waals surface area contributed by atoms with E-state index in [2.05, 4.69) is 15.5 Å². The summed E-state index contributed by atoms with van der Waals surface area (Å²) in [5.74, 6) is 2.75. The van der Waals surface area contributed by atoms with Gasteiger partial charge >= 0.3 is 0 Å². The number of aliphatic hydroxyl groups is 1. The Morgan fingerprint density at radius 3 is 2.94 bits per heavy atom. The molecule has 0 aromatic carbocycles. The van der Waals surface area contributed by atoms with Gasteiger partial charge in [0.05, 0.1) is 6.61 Å². The molecule has 0 aliphatic carbocycles. The summed E-state index contributed by atoms with van der Waals surface area (Å²) in [6, 6.07) is 0. The van der Waals surface area contributed by atoms with Gasteiger partial charge in [-0.1, -0.05) is 5.16 Å². The summed E-state index contributed by atoms with van der Waals surface area (Å²) in [7, 11) is 0. The van der Waals surface area contributed by atoms with Gasteiger partial charge in [0, 0.05) is 11.5 Å². The van der Waals surface area contributed by atoms with Gasteiger partial charge in [-0.25, -0.2) is 0 Å². The molecule has 3 rings (SSSR count). The van der Waals surface area contributed by atoms with Crippen LogP contribution in [0.4, 0.5) is 0 Å². The number of aromatic nitrogens is 2. The molecule has 1 unspecified atom stereocenters. The minimum Gasteiger partial charge on any atom is -0.380 e. The molecule has 0 amide bonds. The highest BCUT2D eigenvalue weighted by atomic mass is 32.2. The molecule has 1 atom stereocenters. The summed E-state index contributed by atoms with van der Waals surface area (Å²) < 4.78 is 10.8. The summed E-state index contributed by atoms with van der Waals surface area (Å²) in [5.41, 5.74) is -0.974. The first kappa shape index (κ1) is 12.4. The Balaban J connectivity index is 1.75. The zero-order valence-corrected chi connectivity index (χ0v) is 10.9. The number of ether oxygens (including phenoxy) is 1. The van der Waals surface area contributed by atoms with Crippen molar-refractivity contribution in [3.05, 3.63) is 11.7 Å². The summed E-state index contributed by atoms with van der Waals surface area (Å²) >= 11 is 1.82. The van der Waals surface area contributed by atoms with E-state index in [1.165, 1.54) is 0 Å². The van der Waals surface area contributed by atoms with Crippen molar-refractivity contribution in [3.63, 3.8) is 0 Å². The molecule has 1 aromatic heterocycles. The van der Waals surface area contributed by atoms with E-state index in [0.29, 0.717) is 31.2 Å². The molecule has 7 heteroatoms. The van der Waals surface area contributed by atoms with Crippen molar-refractivity contribution >= 4 is 11.8 Å². The molecule has 100 valence electrons. The van der Waals surface area contributed by atoms with E-state index in [4.69, 9.17) is 9.26 Å². The average Bonchev–Trinajstić information content (AvgIpc) is 2.91. The van der Waals surface area contributed by atoms with E-state index < -0.39 is 5.60 Å². The number of piperidine rings is 1. The maximum absolute atomic E-state index is 10.5. The largest absolute Gasteiger partial charge is 0.380 e. The Bertz CT molecular complexity index is 400. The molecule has 0 radical (unpaired) electrons. The highest BCUT2D eigenvalue weighted by molar-refractivity contribution is 7.99. The standard InChI is InChI=1S/C11H17N3O3S/c15-11(1-3-12-4-2-11)10-13-9(14-17-10)8-7-18-6-5-16-8/h8,12,15H,1-7H2. The molecule has 0 spiro atoms. The summed E-state index contributed by atoms with van der Waals surface area (Å²) in [6.45, 7) is 2.25. The first-order chi connectivity index (χ1) is 8.78. The van der Waals surface area contributed by atoms with Crippen LogP contribution in [0.2, 0.25) is 0 Å². The molecular formula is C11H17N3O3S. The lowest BCUT2D eigenvalue weighted by Crippen LogP contribution is -2.40. The molecule has 2 saturated heterocycles. The van der Waals surface area contributed by atoms with Gasteiger partial charge in [0.1, 0.15) is 11.7 Å². The van der Waals surface area contributed by atoms with Crippen LogP contribution in [0.3, 0.4) is 0 Å². The Kier molecular flexibility index (Phi) is 3.56. The fraction of sp³-hybridized carbons (Fsp3) is 0.818. The van der Waals surface area contributed by atoms with Gasteiger partial charge in [0.25, 0.3) is 5.89 Å². The first-order valence-corrected chi connectivity index (χ1v) is 7.40. The van der Waals surface area contributed by atoms with Gasteiger partial charge in [0.15, 0.2) is 0 Å². The lowest BCUT2D eigenvalue weighted by molar-refractivity contribution is -0.0228. The highest BCUT2D eigenvalue weighted by Gasteiger charge is 2.37. The number of nitrogens with one attached hydrogen (secondary N) is 1. The molecule has 2 N–H and O–H groups in total. The second-order valence-electron chi connectivity index (χ2n) is 4.67. The zero-order valence-electron chi connectivity index (χ0n) is 10.1. The van der Waals surface area contributed by atoms with Crippen LogP contribution in [0, 0.1) is 0 Å². The minimum absolute atomic E-state index is 0.105. The number of thioether (sulfide) groups is 1. The molecule has 0 bridgehead atoms. The highest BCUT2D eigenvalue weighted by Crippen LogP contribution is 2.31. The third kappa shape index (κ3) is 2.40. The SMILES string of the molecule is OC1(c2nc(C3CSCCO3)no2)CCNCC1. The normalized spacial score (nSPS) is 28.2. The number of hydrogen-bond donors (Lipinski definition) is 2. The van der Waals surface area contributed by atoms with Crippen LogP contribution < -0.4 is 5.32 Å². The molecular weight excluding hydrogens is 254 g/mol. The van der Waals surface area contributed by atoms with Gasteiger partial charge in [0.2, 0.25) is 5.82 Å².